The van der Waals surface area contributed by atoms with Crippen molar-refractivity contribution in [3.05, 3.63) is 57.3 Å². The third-order valence-electron chi connectivity index (χ3n) is 3.26. The first-order valence-electron chi connectivity index (χ1n) is 7.22. The Hall–Kier alpha value is -1.69. The molecule has 0 saturated heterocycles. The zero-order valence-electron chi connectivity index (χ0n) is 12.8. The second kappa shape index (κ2) is 8.08. The van der Waals surface area contributed by atoms with Crippen molar-refractivity contribution in [3.63, 3.8) is 0 Å². The summed E-state index contributed by atoms with van der Waals surface area (Å²) in [6, 6.07) is 9.86. The number of thiophene rings is 1. The molecule has 0 fully saturated rings. The number of benzene rings is 1. The van der Waals surface area contributed by atoms with Gasteiger partial charge in [-0.1, -0.05) is 29.8 Å². The van der Waals surface area contributed by atoms with Gasteiger partial charge in [0.1, 0.15) is 0 Å². The lowest BCUT2D eigenvalue weighted by Crippen LogP contribution is -2.29. The van der Waals surface area contributed by atoms with Crippen LogP contribution in [0.5, 0.6) is 0 Å². The predicted octanol–water partition coefficient (Wildman–Crippen LogP) is 2.84. The molecule has 2 N–H and O–H groups in total. The van der Waals surface area contributed by atoms with Crippen LogP contribution < -0.4 is 5.32 Å². The minimum absolute atomic E-state index is 0.0412. The molecule has 0 saturated carbocycles. The maximum atomic E-state index is 12.1. The van der Waals surface area contributed by atoms with Gasteiger partial charge in [0, 0.05) is 6.54 Å². The van der Waals surface area contributed by atoms with Crippen LogP contribution in [0.2, 0.25) is 0 Å². The summed E-state index contributed by atoms with van der Waals surface area (Å²) in [5, 5.41) is 13.8. The van der Waals surface area contributed by atoms with Crippen LogP contribution >= 0.6 is 11.3 Å². The number of aliphatic hydroxyl groups is 1. The van der Waals surface area contributed by atoms with E-state index >= 15 is 0 Å². The molecule has 1 aromatic heterocycles. The third kappa shape index (κ3) is 4.66. The van der Waals surface area contributed by atoms with Crippen molar-refractivity contribution >= 4 is 17.2 Å². The molecule has 2 rings (SSSR count). The van der Waals surface area contributed by atoms with Gasteiger partial charge >= 0.3 is 0 Å². The molecule has 1 heterocycles. The van der Waals surface area contributed by atoms with E-state index in [0.717, 1.165) is 11.1 Å². The molecule has 1 aromatic carbocycles. The fourth-order valence-corrected chi connectivity index (χ4v) is 2.89. The van der Waals surface area contributed by atoms with Crippen LogP contribution in [0, 0.1) is 13.8 Å². The van der Waals surface area contributed by atoms with Crippen LogP contribution in [0.25, 0.3) is 0 Å². The largest absolute Gasteiger partial charge is 0.394 e. The van der Waals surface area contributed by atoms with Crippen LogP contribution in [-0.4, -0.2) is 30.8 Å². The molecule has 5 heteroatoms. The second-order valence-electron chi connectivity index (χ2n) is 5.19. The van der Waals surface area contributed by atoms with E-state index in [9.17, 15) is 4.79 Å². The number of rotatable bonds is 7. The van der Waals surface area contributed by atoms with Crippen molar-refractivity contribution in [2.24, 2.45) is 0 Å². The van der Waals surface area contributed by atoms with E-state index < -0.39 is 0 Å². The van der Waals surface area contributed by atoms with Gasteiger partial charge in [-0.15, -0.1) is 11.3 Å². The highest BCUT2D eigenvalue weighted by molar-refractivity contribution is 7.12. The Balaban J connectivity index is 2.00. The molecule has 0 bridgehead atoms. The molecular formula is C17H21NO3S. The summed E-state index contributed by atoms with van der Waals surface area (Å²) in [7, 11) is 0. The zero-order chi connectivity index (χ0) is 15.9. The van der Waals surface area contributed by atoms with Gasteiger partial charge in [0.2, 0.25) is 0 Å². The molecule has 0 aliphatic carbocycles. The van der Waals surface area contributed by atoms with E-state index in [2.05, 4.69) is 5.32 Å². The average Bonchev–Trinajstić information content (AvgIpc) is 2.95. The molecule has 0 spiro atoms. The molecule has 0 aliphatic rings. The third-order valence-corrected chi connectivity index (χ3v) is 4.31. The number of ether oxygens (including phenoxy) is 1. The minimum atomic E-state index is -0.266. The van der Waals surface area contributed by atoms with Crippen LogP contribution in [-0.2, 0) is 4.74 Å². The van der Waals surface area contributed by atoms with Crippen molar-refractivity contribution in [2.45, 2.75) is 20.0 Å². The predicted molar refractivity (Wildman–Crippen MR) is 88.3 cm³/mol. The Morgan fingerprint density at radius 1 is 1.27 bits per heavy atom. The fraction of sp³-hybridized carbons (Fsp3) is 0.353. The highest BCUT2D eigenvalue weighted by atomic mass is 32.1. The zero-order valence-corrected chi connectivity index (χ0v) is 13.7. The summed E-state index contributed by atoms with van der Waals surface area (Å²) in [5.74, 6) is -0.0946. The first-order valence-corrected chi connectivity index (χ1v) is 8.10. The normalized spacial score (nSPS) is 12.1. The Labute approximate surface area is 134 Å². The van der Waals surface area contributed by atoms with Crippen LogP contribution in [0.3, 0.4) is 0 Å². The molecule has 118 valence electrons. The number of aliphatic hydroxyl groups excluding tert-OH is 1. The molecule has 0 unspecified atom stereocenters. The van der Waals surface area contributed by atoms with Gasteiger partial charge in [0.05, 0.1) is 24.2 Å². The van der Waals surface area contributed by atoms with E-state index in [1.54, 1.807) is 0 Å². The van der Waals surface area contributed by atoms with E-state index in [4.69, 9.17) is 9.84 Å². The average molecular weight is 319 g/mol. The molecule has 0 aliphatic heterocycles. The molecule has 1 amide bonds. The Kier molecular flexibility index (Phi) is 6.12. The summed E-state index contributed by atoms with van der Waals surface area (Å²) < 4.78 is 5.65. The summed E-state index contributed by atoms with van der Waals surface area (Å²) in [6.45, 7) is 4.56. The van der Waals surface area contributed by atoms with Crippen molar-refractivity contribution in [1.82, 2.24) is 5.32 Å². The van der Waals surface area contributed by atoms with Gasteiger partial charge < -0.3 is 15.2 Å². The molecule has 22 heavy (non-hydrogen) atoms. The SMILES string of the molecule is Cc1ccc([C@@H](CNC(=O)c2cc(C)cs2)OCCO)cc1. The number of hydrogen-bond acceptors (Lipinski definition) is 4. The van der Waals surface area contributed by atoms with Crippen molar-refractivity contribution < 1.29 is 14.6 Å². The number of nitrogens with one attached hydrogen (secondary N) is 1. The Morgan fingerprint density at radius 2 is 2.00 bits per heavy atom. The molecule has 0 radical (unpaired) electrons. The number of carbonyl (C=O) groups excluding carboxylic acids is 1. The minimum Gasteiger partial charge on any atom is -0.394 e. The van der Waals surface area contributed by atoms with Crippen LogP contribution in [0.4, 0.5) is 0 Å². The van der Waals surface area contributed by atoms with Crippen LogP contribution in [0.15, 0.2) is 35.7 Å². The Morgan fingerprint density at radius 3 is 2.59 bits per heavy atom. The summed E-state index contributed by atoms with van der Waals surface area (Å²) in [6.07, 6.45) is -0.266. The summed E-state index contributed by atoms with van der Waals surface area (Å²) in [4.78, 5) is 12.8. The summed E-state index contributed by atoms with van der Waals surface area (Å²) in [5.41, 5.74) is 3.24. The van der Waals surface area contributed by atoms with E-state index in [1.807, 2.05) is 49.6 Å². The highest BCUT2D eigenvalue weighted by Crippen LogP contribution is 2.18. The lowest BCUT2D eigenvalue weighted by atomic mass is 10.1. The molecule has 1 atom stereocenters. The van der Waals surface area contributed by atoms with Gasteiger partial charge in [-0.2, -0.15) is 0 Å². The maximum absolute atomic E-state index is 12.1. The first-order chi connectivity index (χ1) is 10.6. The maximum Gasteiger partial charge on any atom is 0.261 e. The van der Waals surface area contributed by atoms with Gasteiger partial charge in [-0.05, 0) is 36.4 Å². The van der Waals surface area contributed by atoms with Gasteiger partial charge in [-0.25, -0.2) is 0 Å². The number of hydrogen-bond donors (Lipinski definition) is 2. The summed E-state index contributed by atoms with van der Waals surface area (Å²) >= 11 is 1.43. The van der Waals surface area contributed by atoms with Gasteiger partial charge in [0.25, 0.3) is 5.91 Å². The number of aryl methyl sites for hydroxylation is 2. The monoisotopic (exact) mass is 319 g/mol. The Bertz CT molecular complexity index is 607. The first kappa shape index (κ1) is 16.7. The van der Waals surface area contributed by atoms with Crippen molar-refractivity contribution in [2.75, 3.05) is 19.8 Å². The van der Waals surface area contributed by atoms with Crippen molar-refractivity contribution in [1.29, 1.82) is 0 Å². The highest BCUT2D eigenvalue weighted by Gasteiger charge is 2.15. The van der Waals surface area contributed by atoms with Gasteiger partial charge in [0.15, 0.2) is 0 Å². The number of carbonyl (C=O) groups is 1. The lowest BCUT2D eigenvalue weighted by Gasteiger charge is -2.18. The lowest BCUT2D eigenvalue weighted by molar-refractivity contribution is 0.0277. The topological polar surface area (TPSA) is 58.6 Å². The standard InChI is InChI=1S/C17H21NO3S/c1-12-3-5-14(6-4-12)15(21-8-7-19)10-18-17(20)16-9-13(2)11-22-16/h3-6,9,11,15,19H,7-8,10H2,1-2H3,(H,18,20)/t15-/m1/s1. The van der Waals surface area contributed by atoms with Crippen molar-refractivity contribution in [3.8, 4) is 0 Å². The molecule has 2 aromatic rings. The quantitative estimate of drug-likeness (QED) is 0.825. The van der Waals surface area contributed by atoms with Crippen LogP contribution in [0.1, 0.15) is 32.5 Å². The number of amides is 1. The second-order valence-corrected chi connectivity index (χ2v) is 6.10. The van der Waals surface area contributed by atoms with Gasteiger partial charge in [-0.3, -0.25) is 4.79 Å². The molecule has 4 nitrogen and oxygen atoms in total. The fourth-order valence-electron chi connectivity index (χ4n) is 2.07. The molecular weight excluding hydrogens is 298 g/mol. The smallest absolute Gasteiger partial charge is 0.261 e. The van der Waals surface area contributed by atoms with E-state index in [0.29, 0.717) is 11.4 Å². The van der Waals surface area contributed by atoms with E-state index in [1.165, 1.54) is 16.9 Å². The van der Waals surface area contributed by atoms with E-state index in [-0.39, 0.29) is 25.2 Å².